The predicted molar refractivity (Wildman–Crippen MR) is 97.3 cm³/mol. The number of thioether (sulfide) groups is 1. The Labute approximate surface area is 148 Å². The van der Waals surface area contributed by atoms with Crippen LogP contribution in [0.25, 0.3) is 0 Å². The molecule has 134 valence electrons. The maximum atomic E-state index is 12.1. The first kappa shape index (κ1) is 18.8. The van der Waals surface area contributed by atoms with Crippen molar-refractivity contribution in [3.63, 3.8) is 0 Å². The summed E-state index contributed by atoms with van der Waals surface area (Å²) in [6.07, 6.45) is 6.41. The van der Waals surface area contributed by atoms with Gasteiger partial charge in [0.05, 0.1) is 27.1 Å². The van der Waals surface area contributed by atoms with Gasteiger partial charge in [-0.15, -0.1) is 11.8 Å². The van der Waals surface area contributed by atoms with Gasteiger partial charge in [-0.3, -0.25) is 4.79 Å². The predicted octanol–water partition coefficient (Wildman–Crippen LogP) is 3.39. The number of hydrogen-bond donors (Lipinski definition) is 1. The van der Waals surface area contributed by atoms with Gasteiger partial charge in [-0.05, 0) is 30.5 Å². The Morgan fingerprint density at radius 3 is 2.25 bits per heavy atom. The van der Waals surface area contributed by atoms with E-state index < -0.39 is 0 Å². The summed E-state index contributed by atoms with van der Waals surface area (Å²) in [6.45, 7) is 0.445. The molecule has 0 spiro atoms. The van der Waals surface area contributed by atoms with Crippen LogP contribution in [0.4, 0.5) is 0 Å². The molecule has 0 radical (unpaired) electrons. The maximum absolute atomic E-state index is 12.1. The van der Waals surface area contributed by atoms with Crippen molar-refractivity contribution in [1.82, 2.24) is 5.32 Å². The lowest BCUT2D eigenvalue weighted by molar-refractivity contribution is -0.118. The number of rotatable bonds is 8. The van der Waals surface area contributed by atoms with Gasteiger partial charge >= 0.3 is 0 Å². The summed E-state index contributed by atoms with van der Waals surface area (Å²) in [7, 11) is 4.74. The van der Waals surface area contributed by atoms with Gasteiger partial charge in [0, 0.05) is 11.8 Å². The Balaban J connectivity index is 1.87. The van der Waals surface area contributed by atoms with Crippen LogP contribution in [0.5, 0.6) is 17.2 Å². The molecule has 0 unspecified atom stereocenters. The van der Waals surface area contributed by atoms with Gasteiger partial charge in [-0.2, -0.15) is 0 Å². The summed E-state index contributed by atoms with van der Waals surface area (Å²) in [6, 6.07) is 3.71. The van der Waals surface area contributed by atoms with E-state index in [0.29, 0.717) is 34.8 Å². The largest absolute Gasteiger partial charge is 0.493 e. The summed E-state index contributed by atoms with van der Waals surface area (Å²) in [5.74, 6) is 2.34. The Bertz CT molecular complexity index is 519. The Kier molecular flexibility index (Phi) is 7.56. The van der Waals surface area contributed by atoms with E-state index in [1.54, 1.807) is 33.1 Å². The van der Waals surface area contributed by atoms with E-state index in [0.717, 1.165) is 5.56 Å². The zero-order valence-electron chi connectivity index (χ0n) is 14.7. The molecule has 1 aromatic carbocycles. The molecule has 0 atom stereocenters. The van der Waals surface area contributed by atoms with E-state index in [1.807, 2.05) is 12.1 Å². The van der Waals surface area contributed by atoms with Crippen molar-refractivity contribution in [2.24, 2.45) is 0 Å². The van der Waals surface area contributed by atoms with Gasteiger partial charge in [-0.25, -0.2) is 0 Å². The molecule has 0 aliphatic heterocycles. The standard InChI is InChI=1S/C18H27NO4S/c1-21-15-9-13(10-16(22-2)18(15)23-3)11-19-17(20)12-24-14-7-5-4-6-8-14/h9-10,14H,4-8,11-12H2,1-3H3,(H,19,20). The fraction of sp³-hybridized carbons (Fsp3) is 0.611. The van der Waals surface area contributed by atoms with Crippen molar-refractivity contribution in [3.05, 3.63) is 17.7 Å². The first-order valence-electron chi connectivity index (χ1n) is 8.35. The highest BCUT2D eigenvalue weighted by molar-refractivity contribution is 8.00. The van der Waals surface area contributed by atoms with Crippen LogP contribution in [0.3, 0.4) is 0 Å². The number of ether oxygens (including phenoxy) is 3. The third-order valence-corrected chi connectivity index (χ3v) is 5.59. The lowest BCUT2D eigenvalue weighted by atomic mass is 10.0. The molecule has 1 aromatic rings. The lowest BCUT2D eigenvalue weighted by Crippen LogP contribution is -2.26. The maximum Gasteiger partial charge on any atom is 0.230 e. The number of nitrogens with one attached hydrogen (secondary N) is 1. The van der Waals surface area contributed by atoms with Crippen LogP contribution < -0.4 is 19.5 Å². The monoisotopic (exact) mass is 353 g/mol. The second-order valence-corrected chi connectivity index (χ2v) is 7.17. The highest BCUT2D eigenvalue weighted by Crippen LogP contribution is 2.38. The normalized spacial score (nSPS) is 15.0. The highest BCUT2D eigenvalue weighted by Gasteiger charge is 2.16. The average molecular weight is 353 g/mol. The van der Waals surface area contributed by atoms with Crippen LogP contribution in [0, 0.1) is 0 Å². The highest BCUT2D eigenvalue weighted by atomic mass is 32.2. The molecular weight excluding hydrogens is 326 g/mol. The van der Waals surface area contributed by atoms with Gasteiger partial charge in [0.15, 0.2) is 11.5 Å². The molecule has 1 amide bonds. The Hall–Kier alpha value is -1.56. The van der Waals surface area contributed by atoms with Crippen LogP contribution in [0.2, 0.25) is 0 Å². The first-order chi connectivity index (χ1) is 11.7. The molecule has 0 bridgehead atoms. The molecular formula is C18H27NO4S. The van der Waals surface area contributed by atoms with E-state index in [2.05, 4.69) is 5.32 Å². The quantitative estimate of drug-likeness (QED) is 0.776. The van der Waals surface area contributed by atoms with Crippen molar-refractivity contribution in [2.45, 2.75) is 43.9 Å². The summed E-state index contributed by atoms with van der Waals surface area (Å²) in [4.78, 5) is 12.1. The summed E-state index contributed by atoms with van der Waals surface area (Å²) in [5.41, 5.74) is 0.917. The fourth-order valence-electron chi connectivity index (χ4n) is 2.91. The zero-order valence-corrected chi connectivity index (χ0v) is 15.5. The van der Waals surface area contributed by atoms with Gasteiger partial charge in [0.1, 0.15) is 0 Å². The lowest BCUT2D eigenvalue weighted by Gasteiger charge is -2.20. The molecule has 0 aromatic heterocycles. The number of carbonyl (C=O) groups is 1. The minimum atomic E-state index is 0.0688. The number of hydrogen-bond acceptors (Lipinski definition) is 5. The molecule has 1 saturated carbocycles. The van der Waals surface area contributed by atoms with Crippen LogP contribution in [-0.2, 0) is 11.3 Å². The minimum Gasteiger partial charge on any atom is -0.493 e. The second kappa shape index (κ2) is 9.67. The molecule has 0 saturated heterocycles. The van der Waals surface area contributed by atoms with Crippen LogP contribution in [0.15, 0.2) is 12.1 Å². The number of amides is 1. The smallest absolute Gasteiger partial charge is 0.230 e. The van der Waals surface area contributed by atoms with Crippen LogP contribution in [0.1, 0.15) is 37.7 Å². The van der Waals surface area contributed by atoms with E-state index >= 15 is 0 Å². The Morgan fingerprint density at radius 1 is 1.08 bits per heavy atom. The molecule has 1 fully saturated rings. The molecule has 0 heterocycles. The molecule has 1 aliphatic carbocycles. The number of carbonyl (C=O) groups excluding carboxylic acids is 1. The number of benzene rings is 1. The van der Waals surface area contributed by atoms with Crippen LogP contribution in [-0.4, -0.2) is 38.2 Å². The van der Waals surface area contributed by atoms with Crippen molar-refractivity contribution in [1.29, 1.82) is 0 Å². The first-order valence-corrected chi connectivity index (χ1v) is 9.40. The Morgan fingerprint density at radius 2 is 1.71 bits per heavy atom. The molecule has 24 heavy (non-hydrogen) atoms. The summed E-state index contributed by atoms with van der Waals surface area (Å²) in [5, 5.41) is 3.61. The summed E-state index contributed by atoms with van der Waals surface area (Å²) < 4.78 is 16.0. The molecule has 1 aliphatic rings. The topological polar surface area (TPSA) is 56.8 Å². The zero-order chi connectivity index (χ0) is 17.4. The van der Waals surface area contributed by atoms with E-state index in [4.69, 9.17) is 14.2 Å². The fourth-order valence-corrected chi connectivity index (χ4v) is 4.07. The van der Waals surface area contributed by atoms with Crippen molar-refractivity contribution < 1.29 is 19.0 Å². The van der Waals surface area contributed by atoms with Gasteiger partial charge < -0.3 is 19.5 Å². The molecule has 6 heteroatoms. The third-order valence-electron chi connectivity index (χ3n) is 4.22. The van der Waals surface area contributed by atoms with E-state index in [9.17, 15) is 4.79 Å². The van der Waals surface area contributed by atoms with E-state index in [1.165, 1.54) is 32.1 Å². The average Bonchev–Trinajstić information content (AvgIpc) is 2.64. The van der Waals surface area contributed by atoms with Gasteiger partial charge in [0.2, 0.25) is 11.7 Å². The van der Waals surface area contributed by atoms with Crippen molar-refractivity contribution in [2.75, 3.05) is 27.1 Å². The molecule has 5 nitrogen and oxygen atoms in total. The molecule has 1 N–H and O–H groups in total. The minimum absolute atomic E-state index is 0.0688. The van der Waals surface area contributed by atoms with Crippen molar-refractivity contribution in [3.8, 4) is 17.2 Å². The summed E-state index contributed by atoms with van der Waals surface area (Å²) >= 11 is 1.78. The van der Waals surface area contributed by atoms with Crippen molar-refractivity contribution >= 4 is 17.7 Å². The SMILES string of the molecule is COc1cc(CNC(=O)CSC2CCCCC2)cc(OC)c1OC. The number of methoxy groups -OCH3 is 3. The molecule has 2 rings (SSSR count). The second-order valence-electron chi connectivity index (χ2n) is 5.88. The van der Waals surface area contributed by atoms with Gasteiger partial charge in [-0.1, -0.05) is 19.3 Å². The third kappa shape index (κ3) is 5.23. The van der Waals surface area contributed by atoms with Gasteiger partial charge in [0.25, 0.3) is 0 Å². The van der Waals surface area contributed by atoms with E-state index in [-0.39, 0.29) is 5.91 Å². The van der Waals surface area contributed by atoms with Crippen LogP contribution >= 0.6 is 11.8 Å².